The van der Waals surface area contributed by atoms with Crippen molar-refractivity contribution in [3.63, 3.8) is 0 Å². The summed E-state index contributed by atoms with van der Waals surface area (Å²) in [7, 11) is 1.68. The molecule has 1 unspecified atom stereocenters. The van der Waals surface area contributed by atoms with Gasteiger partial charge in [-0.3, -0.25) is 0 Å². The van der Waals surface area contributed by atoms with E-state index in [9.17, 15) is 0 Å². The SMILES string of the molecule is CCCC(CNC(C)(C)C)Oc1ccc(C)cc1OC. The highest BCUT2D eigenvalue weighted by Gasteiger charge is 2.16. The Morgan fingerprint density at radius 2 is 1.90 bits per heavy atom. The fraction of sp³-hybridized carbons (Fsp3) is 0.647. The van der Waals surface area contributed by atoms with Crippen LogP contribution < -0.4 is 14.8 Å². The third-order valence-corrected chi connectivity index (χ3v) is 3.08. The van der Waals surface area contributed by atoms with Crippen molar-refractivity contribution in [3.05, 3.63) is 23.8 Å². The molecule has 1 N–H and O–H groups in total. The lowest BCUT2D eigenvalue weighted by Crippen LogP contribution is -2.42. The molecule has 1 aromatic rings. The van der Waals surface area contributed by atoms with Crippen molar-refractivity contribution in [1.29, 1.82) is 0 Å². The second-order valence-electron chi connectivity index (χ2n) is 6.31. The van der Waals surface area contributed by atoms with Crippen LogP contribution in [0.25, 0.3) is 0 Å². The predicted molar refractivity (Wildman–Crippen MR) is 84.8 cm³/mol. The monoisotopic (exact) mass is 279 g/mol. The minimum absolute atomic E-state index is 0.104. The first-order valence-corrected chi connectivity index (χ1v) is 7.42. The Bertz CT molecular complexity index is 410. The summed E-state index contributed by atoms with van der Waals surface area (Å²) >= 11 is 0. The fourth-order valence-electron chi connectivity index (χ4n) is 2.00. The van der Waals surface area contributed by atoms with Crippen LogP contribution in [0.15, 0.2) is 18.2 Å². The van der Waals surface area contributed by atoms with Crippen molar-refractivity contribution in [3.8, 4) is 11.5 Å². The van der Waals surface area contributed by atoms with Gasteiger partial charge in [0.2, 0.25) is 0 Å². The van der Waals surface area contributed by atoms with Crippen molar-refractivity contribution >= 4 is 0 Å². The number of rotatable bonds is 7. The van der Waals surface area contributed by atoms with Gasteiger partial charge >= 0.3 is 0 Å². The topological polar surface area (TPSA) is 30.5 Å². The number of ether oxygens (including phenoxy) is 2. The minimum Gasteiger partial charge on any atom is -0.493 e. The molecule has 0 bridgehead atoms. The Morgan fingerprint density at radius 3 is 2.45 bits per heavy atom. The molecule has 1 aromatic carbocycles. The second-order valence-corrected chi connectivity index (χ2v) is 6.31. The van der Waals surface area contributed by atoms with Gasteiger partial charge in [-0.1, -0.05) is 19.4 Å². The summed E-state index contributed by atoms with van der Waals surface area (Å²) in [6, 6.07) is 6.06. The predicted octanol–water partition coefficient (Wildman–Crippen LogP) is 3.94. The van der Waals surface area contributed by atoms with Gasteiger partial charge in [0.25, 0.3) is 0 Å². The molecule has 114 valence electrons. The van der Waals surface area contributed by atoms with Crippen molar-refractivity contribution in [1.82, 2.24) is 5.32 Å². The van der Waals surface area contributed by atoms with E-state index in [1.807, 2.05) is 12.1 Å². The summed E-state index contributed by atoms with van der Waals surface area (Å²) in [6.07, 6.45) is 2.29. The summed E-state index contributed by atoms with van der Waals surface area (Å²) in [4.78, 5) is 0. The molecule has 1 atom stereocenters. The van der Waals surface area contributed by atoms with E-state index in [4.69, 9.17) is 9.47 Å². The summed E-state index contributed by atoms with van der Waals surface area (Å²) < 4.78 is 11.5. The van der Waals surface area contributed by atoms with Gasteiger partial charge < -0.3 is 14.8 Å². The molecule has 0 saturated heterocycles. The van der Waals surface area contributed by atoms with Gasteiger partial charge in [-0.25, -0.2) is 0 Å². The second kappa shape index (κ2) is 7.53. The number of hydrogen-bond donors (Lipinski definition) is 1. The maximum absolute atomic E-state index is 6.14. The van der Waals surface area contributed by atoms with E-state index in [-0.39, 0.29) is 11.6 Å². The first kappa shape index (κ1) is 16.8. The molecule has 0 aliphatic rings. The van der Waals surface area contributed by atoms with Gasteiger partial charge in [-0.15, -0.1) is 0 Å². The van der Waals surface area contributed by atoms with E-state index in [0.717, 1.165) is 30.9 Å². The Kier molecular flexibility index (Phi) is 6.34. The molecule has 1 rings (SSSR count). The maximum atomic E-state index is 6.14. The van der Waals surface area contributed by atoms with Gasteiger partial charge in [-0.2, -0.15) is 0 Å². The number of aryl methyl sites for hydroxylation is 1. The van der Waals surface area contributed by atoms with Gasteiger partial charge in [-0.05, 0) is 51.8 Å². The first-order valence-electron chi connectivity index (χ1n) is 7.42. The number of hydrogen-bond acceptors (Lipinski definition) is 3. The molecule has 3 heteroatoms. The van der Waals surface area contributed by atoms with Gasteiger partial charge in [0.1, 0.15) is 6.10 Å². The molecule has 0 fully saturated rings. The van der Waals surface area contributed by atoms with Crippen LogP contribution in [0.3, 0.4) is 0 Å². The summed E-state index contributed by atoms with van der Waals surface area (Å²) in [5.74, 6) is 1.63. The normalized spacial score (nSPS) is 13.1. The van der Waals surface area contributed by atoms with Crippen molar-refractivity contribution < 1.29 is 9.47 Å². The summed E-state index contributed by atoms with van der Waals surface area (Å²) in [5.41, 5.74) is 1.28. The molecular weight excluding hydrogens is 250 g/mol. The highest BCUT2D eigenvalue weighted by Crippen LogP contribution is 2.29. The van der Waals surface area contributed by atoms with E-state index in [1.54, 1.807) is 7.11 Å². The Hall–Kier alpha value is -1.22. The van der Waals surface area contributed by atoms with E-state index >= 15 is 0 Å². The number of benzene rings is 1. The quantitative estimate of drug-likeness (QED) is 0.820. The molecule has 0 saturated carbocycles. The Labute approximate surface area is 123 Å². The van der Waals surface area contributed by atoms with Crippen LogP contribution in [0.2, 0.25) is 0 Å². The zero-order valence-corrected chi connectivity index (χ0v) is 13.7. The lowest BCUT2D eigenvalue weighted by Gasteiger charge is -2.26. The van der Waals surface area contributed by atoms with Crippen LogP contribution in [0.1, 0.15) is 46.1 Å². The number of methoxy groups -OCH3 is 1. The van der Waals surface area contributed by atoms with E-state index in [2.05, 4.69) is 46.0 Å². The highest BCUT2D eigenvalue weighted by molar-refractivity contribution is 5.42. The highest BCUT2D eigenvalue weighted by atomic mass is 16.5. The van der Waals surface area contributed by atoms with Crippen LogP contribution in [0.5, 0.6) is 11.5 Å². The molecule has 0 amide bonds. The molecule has 0 heterocycles. The van der Waals surface area contributed by atoms with Crippen LogP contribution in [0, 0.1) is 6.92 Å². The molecule has 20 heavy (non-hydrogen) atoms. The van der Waals surface area contributed by atoms with Gasteiger partial charge in [0, 0.05) is 12.1 Å². The van der Waals surface area contributed by atoms with Crippen LogP contribution in [-0.4, -0.2) is 25.3 Å². The largest absolute Gasteiger partial charge is 0.493 e. The molecule has 0 radical (unpaired) electrons. The van der Waals surface area contributed by atoms with E-state index in [1.165, 1.54) is 5.56 Å². The van der Waals surface area contributed by atoms with E-state index < -0.39 is 0 Å². The minimum atomic E-state index is 0.104. The van der Waals surface area contributed by atoms with Crippen LogP contribution >= 0.6 is 0 Å². The van der Waals surface area contributed by atoms with Gasteiger partial charge in [0.15, 0.2) is 11.5 Å². The molecule has 0 aromatic heterocycles. The molecule has 0 spiro atoms. The molecule has 0 aliphatic carbocycles. The Balaban J connectivity index is 2.74. The lowest BCUT2D eigenvalue weighted by atomic mass is 10.1. The average molecular weight is 279 g/mol. The summed E-state index contributed by atoms with van der Waals surface area (Å²) in [6.45, 7) is 11.6. The first-order chi connectivity index (χ1) is 9.35. The standard InChI is InChI=1S/C17H29NO2/c1-7-8-14(12-18-17(3,4)5)20-15-10-9-13(2)11-16(15)19-6/h9-11,14,18H,7-8,12H2,1-6H3. The van der Waals surface area contributed by atoms with Crippen molar-refractivity contribution in [2.45, 2.75) is 59.1 Å². The fourth-order valence-corrected chi connectivity index (χ4v) is 2.00. The third kappa shape index (κ3) is 5.83. The summed E-state index contributed by atoms with van der Waals surface area (Å²) in [5, 5.41) is 3.51. The third-order valence-electron chi connectivity index (χ3n) is 3.08. The number of nitrogens with one attached hydrogen (secondary N) is 1. The van der Waals surface area contributed by atoms with E-state index in [0.29, 0.717) is 0 Å². The lowest BCUT2D eigenvalue weighted by molar-refractivity contribution is 0.168. The Morgan fingerprint density at radius 1 is 1.20 bits per heavy atom. The average Bonchev–Trinajstić information content (AvgIpc) is 2.37. The molecule has 0 aliphatic heterocycles. The van der Waals surface area contributed by atoms with Crippen LogP contribution in [-0.2, 0) is 0 Å². The molecule has 3 nitrogen and oxygen atoms in total. The zero-order valence-electron chi connectivity index (χ0n) is 13.7. The van der Waals surface area contributed by atoms with Crippen molar-refractivity contribution in [2.75, 3.05) is 13.7 Å². The maximum Gasteiger partial charge on any atom is 0.161 e. The zero-order chi connectivity index (χ0) is 15.2. The van der Waals surface area contributed by atoms with Crippen molar-refractivity contribution in [2.24, 2.45) is 0 Å². The van der Waals surface area contributed by atoms with Crippen LogP contribution in [0.4, 0.5) is 0 Å². The smallest absolute Gasteiger partial charge is 0.161 e. The molecular formula is C17H29NO2. The van der Waals surface area contributed by atoms with Gasteiger partial charge in [0.05, 0.1) is 7.11 Å².